The first kappa shape index (κ1) is 16.3. The number of amides is 1. The number of morpholine rings is 1. The van der Waals surface area contributed by atoms with E-state index in [1.54, 1.807) is 35.9 Å². The van der Waals surface area contributed by atoms with Crippen molar-refractivity contribution in [2.24, 2.45) is 0 Å². The molecule has 0 radical (unpaired) electrons. The third kappa shape index (κ3) is 3.58. The molecule has 0 saturated carbocycles. The molecule has 2 aliphatic heterocycles. The van der Waals surface area contributed by atoms with E-state index in [0.29, 0.717) is 26.3 Å². The molecule has 7 heteroatoms. The number of anilines is 1. The smallest absolute Gasteiger partial charge is 0.253 e. The molecule has 0 aromatic carbocycles. The molecule has 0 unspecified atom stereocenters. The average molecular weight is 343 g/mol. The van der Waals surface area contributed by atoms with Crippen LogP contribution in [0.2, 0.25) is 0 Å². The first-order chi connectivity index (χ1) is 12.2. The standard InChI is InChI=1S/C18H21N3O4/c22-17-11-25-18(13-21(17)16-3-7-23-10-16)12-20(6-8-24-14-18)9-15-1-4-19-5-2-15/h1-5,7,10H,6,8-9,11-14H2/t18-/m1/s1. The van der Waals surface area contributed by atoms with E-state index in [1.807, 2.05) is 12.1 Å². The molecule has 1 amide bonds. The van der Waals surface area contributed by atoms with Crippen molar-refractivity contribution in [3.05, 3.63) is 48.7 Å². The molecule has 1 atom stereocenters. The van der Waals surface area contributed by atoms with Crippen molar-refractivity contribution in [3.63, 3.8) is 0 Å². The molecule has 0 N–H and O–H groups in total. The first-order valence-electron chi connectivity index (χ1n) is 8.40. The fraction of sp³-hybridized carbons (Fsp3) is 0.444. The molecule has 7 nitrogen and oxygen atoms in total. The van der Waals surface area contributed by atoms with Crippen LogP contribution in [0.25, 0.3) is 0 Å². The van der Waals surface area contributed by atoms with Gasteiger partial charge in [0.05, 0.1) is 31.7 Å². The van der Waals surface area contributed by atoms with E-state index in [0.717, 1.165) is 18.8 Å². The number of hydrogen-bond donors (Lipinski definition) is 0. The van der Waals surface area contributed by atoms with Gasteiger partial charge in [-0.1, -0.05) is 0 Å². The molecule has 0 aliphatic carbocycles. The highest BCUT2D eigenvalue weighted by Crippen LogP contribution is 2.27. The van der Waals surface area contributed by atoms with Crippen molar-refractivity contribution in [2.75, 3.05) is 44.4 Å². The zero-order valence-corrected chi connectivity index (χ0v) is 14.0. The normalized spacial score (nSPS) is 25.3. The molecule has 2 aromatic heterocycles. The minimum atomic E-state index is -0.533. The quantitative estimate of drug-likeness (QED) is 0.837. The van der Waals surface area contributed by atoms with Gasteiger partial charge in [-0.15, -0.1) is 0 Å². The van der Waals surface area contributed by atoms with E-state index >= 15 is 0 Å². The number of ether oxygens (including phenoxy) is 2. The summed E-state index contributed by atoms with van der Waals surface area (Å²) >= 11 is 0. The molecule has 1 spiro atoms. The Morgan fingerprint density at radius 2 is 2.08 bits per heavy atom. The Hall–Kier alpha value is -2.22. The van der Waals surface area contributed by atoms with Crippen molar-refractivity contribution in [2.45, 2.75) is 12.1 Å². The minimum absolute atomic E-state index is 0.0532. The van der Waals surface area contributed by atoms with Gasteiger partial charge in [0, 0.05) is 38.1 Å². The van der Waals surface area contributed by atoms with E-state index in [4.69, 9.17) is 13.9 Å². The van der Waals surface area contributed by atoms with Crippen molar-refractivity contribution in [3.8, 4) is 0 Å². The molecular weight excluding hydrogens is 322 g/mol. The lowest BCUT2D eigenvalue weighted by Gasteiger charge is -2.42. The number of furan rings is 1. The van der Waals surface area contributed by atoms with Gasteiger partial charge < -0.3 is 18.8 Å². The van der Waals surface area contributed by atoms with Crippen molar-refractivity contribution >= 4 is 11.6 Å². The summed E-state index contributed by atoms with van der Waals surface area (Å²) in [4.78, 5) is 20.4. The molecule has 2 saturated heterocycles. The highest BCUT2D eigenvalue weighted by atomic mass is 16.6. The van der Waals surface area contributed by atoms with Gasteiger partial charge in [0.15, 0.2) is 0 Å². The van der Waals surface area contributed by atoms with Gasteiger partial charge in [0.1, 0.15) is 18.5 Å². The zero-order chi connectivity index (χ0) is 17.1. The van der Waals surface area contributed by atoms with Gasteiger partial charge in [-0.05, 0) is 17.7 Å². The largest absolute Gasteiger partial charge is 0.470 e. The minimum Gasteiger partial charge on any atom is -0.470 e. The third-order valence-electron chi connectivity index (χ3n) is 4.65. The molecule has 4 heterocycles. The van der Waals surface area contributed by atoms with Gasteiger partial charge in [0.2, 0.25) is 0 Å². The van der Waals surface area contributed by atoms with E-state index in [2.05, 4.69) is 9.88 Å². The highest BCUT2D eigenvalue weighted by molar-refractivity contribution is 5.95. The lowest BCUT2D eigenvalue weighted by atomic mass is 10.0. The number of pyridine rings is 1. The molecule has 25 heavy (non-hydrogen) atoms. The maximum atomic E-state index is 12.3. The Labute approximate surface area is 146 Å². The first-order valence-corrected chi connectivity index (χ1v) is 8.40. The Balaban J connectivity index is 1.52. The second-order valence-electron chi connectivity index (χ2n) is 6.55. The molecule has 4 rings (SSSR count). The SMILES string of the molecule is O=C1CO[C@@]2(COCCN(Cc3ccncc3)C2)CN1c1ccoc1. The molecule has 2 aromatic rings. The lowest BCUT2D eigenvalue weighted by Crippen LogP contribution is -2.60. The highest BCUT2D eigenvalue weighted by Gasteiger charge is 2.43. The second kappa shape index (κ2) is 6.95. The summed E-state index contributed by atoms with van der Waals surface area (Å²) in [6.07, 6.45) is 6.76. The molecule has 2 fully saturated rings. The van der Waals surface area contributed by atoms with Crippen LogP contribution in [0.4, 0.5) is 5.69 Å². The maximum Gasteiger partial charge on any atom is 0.253 e. The maximum absolute atomic E-state index is 12.3. The van der Waals surface area contributed by atoms with Gasteiger partial charge >= 0.3 is 0 Å². The predicted molar refractivity (Wildman–Crippen MR) is 90.1 cm³/mol. The number of aromatic nitrogens is 1. The van der Waals surface area contributed by atoms with Gasteiger partial charge in [-0.25, -0.2) is 0 Å². The fourth-order valence-electron chi connectivity index (χ4n) is 3.41. The monoisotopic (exact) mass is 343 g/mol. The Kier molecular flexibility index (Phi) is 4.52. The van der Waals surface area contributed by atoms with E-state index in [-0.39, 0.29) is 12.5 Å². The number of hydrogen-bond acceptors (Lipinski definition) is 6. The molecule has 132 valence electrons. The van der Waals surface area contributed by atoms with Crippen LogP contribution in [0.15, 0.2) is 47.5 Å². The van der Waals surface area contributed by atoms with Crippen LogP contribution in [-0.4, -0.2) is 60.8 Å². The molecule has 0 bridgehead atoms. The van der Waals surface area contributed by atoms with Crippen LogP contribution in [0.1, 0.15) is 5.56 Å². The van der Waals surface area contributed by atoms with E-state index in [9.17, 15) is 4.79 Å². The van der Waals surface area contributed by atoms with Crippen molar-refractivity contribution in [1.82, 2.24) is 9.88 Å². The number of carbonyl (C=O) groups is 1. The summed E-state index contributed by atoms with van der Waals surface area (Å²) in [5.74, 6) is -0.0584. The van der Waals surface area contributed by atoms with Crippen LogP contribution in [-0.2, 0) is 20.8 Å². The third-order valence-corrected chi connectivity index (χ3v) is 4.65. The van der Waals surface area contributed by atoms with Crippen LogP contribution >= 0.6 is 0 Å². The average Bonchev–Trinajstić information content (AvgIpc) is 3.09. The summed E-state index contributed by atoms with van der Waals surface area (Å²) < 4.78 is 16.9. The zero-order valence-electron chi connectivity index (χ0n) is 14.0. The van der Waals surface area contributed by atoms with Crippen LogP contribution in [0, 0.1) is 0 Å². The second-order valence-corrected chi connectivity index (χ2v) is 6.55. The Morgan fingerprint density at radius 1 is 1.20 bits per heavy atom. The van der Waals surface area contributed by atoms with Gasteiger partial charge in [0.25, 0.3) is 5.91 Å². The Morgan fingerprint density at radius 3 is 2.88 bits per heavy atom. The van der Waals surface area contributed by atoms with Crippen LogP contribution in [0.3, 0.4) is 0 Å². The topological polar surface area (TPSA) is 68.0 Å². The van der Waals surface area contributed by atoms with Crippen molar-refractivity contribution in [1.29, 1.82) is 0 Å². The molecule has 2 aliphatic rings. The van der Waals surface area contributed by atoms with Crippen molar-refractivity contribution < 1.29 is 18.7 Å². The predicted octanol–water partition coefficient (Wildman–Crippen LogP) is 1.31. The number of carbonyl (C=O) groups excluding carboxylic acids is 1. The molecular formula is C18H21N3O4. The summed E-state index contributed by atoms with van der Waals surface area (Å²) in [6, 6.07) is 5.83. The van der Waals surface area contributed by atoms with Gasteiger partial charge in [-0.3, -0.25) is 14.7 Å². The Bertz CT molecular complexity index is 706. The summed E-state index contributed by atoms with van der Waals surface area (Å²) in [5.41, 5.74) is 1.43. The van der Waals surface area contributed by atoms with Gasteiger partial charge in [-0.2, -0.15) is 0 Å². The van der Waals surface area contributed by atoms with Crippen LogP contribution < -0.4 is 4.90 Å². The summed E-state index contributed by atoms with van der Waals surface area (Å²) in [5, 5.41) is 0. The fourth-order valence-corrected chi connectivity index (χ4v) is 3.41. The number of nitrogens with zero attached hydrogens (tertiary/aromatic N) is 3. The summed E-state index contributed by atoms with van der Waals surface area (Å²) in [6.45, 7) is 3.97. The lowest BCUT2D eigenvalue weighted by molar-refractivity contribution is -0.146. The van der Waals surface area contributed by atoms with E-state index in [1.165, 1.54) is 5.56 Å². The van der Waals surface area contributed by atoms with E-state index < -0.39 is 5.60 Å². The van der Waals surface area contributed by atoms with Crippen LogP contribution in [0.5, 0.6) is 0 Å². The number of rotatable bonds is 3. The summed E-state index contributed by atoms with van der Waals surface area (Å²) in [7, 11) is 0.